The summed E-state index contributed by atoms with van der Waals surface area (Å²) in [7, 11) is 0. The highest BCUT2D eigenvalue weighted by Crippen LogP contribution is 2.41. The zero-order valence-corrected chi connectivity index (χ0v) is 22.6. The van der Waals surface area contributed by atoms with Gasteiger partial charge in [0.25, 0.3) is 0 Å². The first-order chi connectivity index (χ1) is 19.5. The monoisotopic (exact) mass is 567 g/mol. The van der Waals surface area contributed by atoms with Crippen molar-refractivity contribution in [2.45, 2.75) is 5.92 Å². The van der Waals surface area contributed by atoms with Gasteiger partial charge in [0.1, 0.15) is 17.7 Å². The van der Waals surface area contributed by atoms with Gasteiger partial charge in [-0.05, 0) is 54.1 Å². The third-order valence-electron chi connectivity index (χ3n) is 6.69. The number of hydrogen-bond acceptors (Lipinski definition) is 6. The molecule has 1 unspecified atom stereocenters. The molecule has 6 rings (SSSR count). The SMILES string of the molecule is NCC(C(=O)Nc1cccc(N(c2ccncn2)c2cccc3c2oc2ccccc23)c1)c1ccc(Cl)c(Cl)c1. The summed E-state index contributed by atoms with van der Waals surface area (Å²) in [5.74, 6) is -0.228. The van der Waals surface area contributed by atoms with Crippen LogP contribution in [0.5, 0.6) is 0 Å². The second-order valence-corrected chi connectivity index (χ2v) is 9.97. The number of carbonyl (C=O) groups is 1. The topological polar surface area (TPSA) is 97.3 Å². The molecule has 3 N–H and O–H groups in total. The molecule has 1 atom stereocenters. The lowest BCUT2D eigenvalue weighted by Gasteiger charge is -2.25. The number of fused-ring (bicyclic) bond motifs is 3. The molecule has 9 heteroatoms. The van der Waals surface area contributed by atoms with Crippen molar-refractivity contribution in [3.63, 3.8) is 0 Å². The van der Waals surface area contributed by atoms with Crippen LogP contribution in [-0.2, 0) is 4.79 Å². The highest BCUT2D eigenvalue weighted by Gasteiger charge is 2.23. The number of carbonyl (C=O) groups excluding carboxylic acids is 1. The maximum absolute atomic E-state index is 13.3. The summed E-state index contributed by atoms with van der Waals surface area (Å²) in [6, 6.07) is 28.4. The molecule has 0 saturated carbocycles. The number of nitrogens with two attached hydrogens (primary N) is 1. The van der Waals surface area contributed by atoms with Crippen molar-refractivity contribution in [2.24, 2.45) is 5.73 Å². The molecule has 0 aliphatic heterocycles. The van der Waals surface area contributed by atoms with Gasteiger partial charge in [0.05, 0.1) is 21.7 Å². The highest BCUT2D eigenvalue weighted by molar-refractivity contribution is 6.42. The summed E-state index contributed by atoms with van der Waals surface area (Å²) < 4.78 is 6.33. The molecule has 6 aromatic rings. The molecule has 0 aliphatic rings. The molecular weight excluding hydrogens is 545 g/mol. The summed E-state index contributed by atoms with van der Waals surface area (Å²) in [6.07, 6.45) is 3.18. The summed E-state index contributed by atoms with van der Waals surface area (Å²) >= 11 is 12.3. The fraction of sp³-hybridized carbons (Fsp3) is 0.0645. The smallest absolute Gasteiger partial charge is 0.233 e. The number of aromatic nitrogens is 2. The minimum absolute atomic E-state index is 0.102. The van der Waals surface area contributed by atoms with Crippen LogP contribution in [0.25, 0.3) is 21.9 Å². The van der Waals surface area contributed by atoms with Gasteiger partial charge in [0.2, 0.25) is 5.91 Å². The number of halogens is 2. The minimum Gasteiger partial charge on any atom is -0.454 e. The van der Waals surface area contributed by atoms with E-state index in [4.69, 9.17) is 33.4 Å². The van der Waals surface area contributed by atoms with Crippen LogP contribution in [-0.4, -0.2) is 22.4 Å². The van der Waals surface area contributed by atoms with Crippen LogP contribution in [0.4, 0.5) is 22.9 Å². The van der Waals surface area contributed by atoms with Crippen LogP contribution in [0.2, 0.25) is 10.0 Å². The lowest BCUT2D eigenvalue weighted by molar-refractivity contribution is -0.117. The van der Waals surface area contributed by atoms with E-state index in [-0.39, 0.29) is 12.5 Å². The molecular formula is C31H23Cl2N5O2. The van der Waals surface area contributed by atoms with E-state index < -0.39 is 5.92 Å². The fourth-order valence-corrected chi connectivity index (χ4v) is 5.10. The number of nitrogens with zero attached hydrogens (tertiary/aromatic N) is 3. The second-order valence-electron chi connectivity index (χ2n) is 9.16. The van der Waals surface area contributed by atoms with Gasteiger partial charge in [-0.1, -0.05) is 65.7 Å². The Morgan fingerprint density at radius 1 is 0.925 bits per heavy atom. The van der Waals surface area contributed by atoms with E-state index in [0.29, 0.717) is 27.1 Å². The van der Waals surface area contributed by atoms with Gasteiger partial charge in [0, 0.05) is 34.9 Å². The Morgan fingerprint density at radius 2 is 1.75 bits per heavy atom. The van der Waals surface area contributed by atoms with Crippen molar-refractivity contribution in [2.75, 3.05) is 16.8 Å². The van der Waals surface area contributed by atoms with Gasteiger partial charge in [-0.15, -0.1) is 0 Å². The van der Waals surface area contributed by atoms with Gasteiger partial charge >= 0.3 is 0 Å². The van der Waals surface area contributed by atoms with Crippen molar-refractivity contribution in [1.82, 2.24) is 9.97 Å². The van der Waals surface area contributed by atoms with Gasteiger partial charge in [0.15, 0.2) is 5.58 Å². The van der Waals surface area contributed by atoms with Crippen molar-refractivity contribution >= 4 is 73.9 Å². The third kappa shape index (κ3) is 4.86. The van der Waals surface area contributed by atoms with Crippen LogP contribution >= 0.6 is 23.2 Å². The van der Waals surface area contributed by atoms with Crippen LogP contribution in [0.3, 0.4) is 0 Å². The van der Waals surface area contributed by atoms with E-state index in [1.54, 1.807) is 24.4 Å². The van der Waals surface area contributed by atoms with Crippen LogP contribution in [0.1, 0.15) is 11.5 Å². The van der Waals surface area contributed by atoms with Crippen LogP contribution in [0, 0.1) is 0 Å². The lowest BCUT2D eigenvalue weighted by Crippen LogP contribution is -2.27. The largest absolute Gasteiger partial charge is 0.454 e. The van der Waals surface area contributed by atoms with Crippen LogP contribution in [0.15, 0.2) is 108 Å². The number of rotatable bonds is 7. The Morgan fingerprint density at radius 3 is 2.55 bits per heavy atom. The first kappa shape index (κ1) is 25.8. The van der Waals surface area contributed by atoms with E-state index in [2.05, 4.69) is 15.3 Å². The normalized spacial score (nSPS) is 12.0. The summed E-state index contributed by atoms with van der Waals surface area (Å²) in [6.45, 7) is 0.102. The third-order valence-corrected chi connectivity index (χ3v) is 7.43. The molecule has 198 valence electrons. The van der Waals surface area contributed by atoms with E-state index in [9.17, 15) is 4.79 Å². The van der Waals surface area contributed by atoms with Crippen molar-refractivity contribution in [3.05, 3.63) is 119 Å². The minimum atomic E-state index is -0.610. The maximum Gasteiger partial charge on any atom is 0.233 e. The van der Waals surface area contributed by atoms with Crippen molar-refractivity contribution in [3.8, 4) is 0 Å². The average molecular weight is 568 g/mol. The van der Waals surface area contributed by atoms with Gasteiger partial charge < -0.3 is 15.5 Å². The molecule has 4 aromatic carbocycles. The number of nitrogens with one attached hydrogen (secondary N) is 1. The predicted octanol–water partition coefficient (Wildman–Crippen LogP) is 7.83. The molecule has 7 nitrogen and oxygen atoms in total. The quantitative estimate of drug-likeness (QED) is 0.204. The first-order valence-electron chi connectivity index (χ1n) is 12.6. The number of para-hydroxylation sites is 2. The van der Waals surface area contributed by atoms with E-state index in [1.807, 2.05) is 77.7 Å². The van der Waals surface area contributed by atoms with Crippen LogP contribution < -0.4 is 16.0 Å². The van der Waals surface area contributed by atoms with Crippen molar-refractivity contribution < 1.29 is 9.21 Å². The number of hydrogen-bond donors (Lipinski definition) is 2. The van der Waals surface area contributed by atoms with Gasteiger partial charge in [-0.2, -0.15) is 0 Å². The van der Waals surface area contributed by atoms with E-state index in [1.165, 1.54) is 6.33 Å². The van der Waals surface area contributed by atoms with Gasteiger partial charge in [-0.25, -0.2) is 9.97 Å². The molecule has 2 heterocycles. The Balaban J connectivity index is 1.40. The molecule has 0 saturated heterocycles. The first-order valence-corrected chi connectivity index (χ1v) is 13.3. The Hall–Kier alpha value is -4.43. The number of anilines is 4. The molecule has 2 aromatic heterocycles. The van der Waals surface area contributed by atoms with Crippen molar-refractivity contribution in [1.29, 1.82) is 0 Å². The number of furan rings is 1. The Kier molecular flexibility index (Phi) is 7.09. The Bertz CT molecular complexity index is 1840. The zero-order chi connectivity index (χ0) is 27.6. The lowest BCUT2D eigenvalue weighted by atomic mass is 9.98. The summed E-state index contributed by atoms with van der Waals surface area (Å²) in [4.78, 5) is 23.9. The maximum atomic E-state index is 13.3. The van der Waals surface area contributed by atoms with Gasteiger partial charge in [-0.3, -0.25) is 9.69 Å². The average Bonchev–Trinajstić information content (AvgIpc) is 3.36. The summed E-state index contributed by atoms with van der Waals surface area (Å²) in [5.41, 5.74) is 10.4. The molecule has 0 aliphatic carbocycles. The number of amides is 1. The predicted molar refractivity (Wildman–Crippen MR) is 161 cm³/mol. The molecule has 0 radical (unpaired) electrons. The Labute approximate surface area is 240 Å². The van der Waals surface area contributed by atoms with E-state index >= 15 is 0 Å². The molecule has 0 spiro atoms. The zero-order valence-electron chi connectivity index (χ0n) is 21.1. The van der Waals surface area contributed by atoms with E-state index in [0.717, 1.165) is 33.3 Å². The molecule has 0 fully saturated rings. The fourth-order valence-electron chi connectivity index (χ4n) is 4.79. The second kappa shape index (κ2) is 11.0. The summed E-state index contributed by atoms with van der Waals surface area (Å²) in [5, 5.41) is 5.80. The molecule has 0 bridgehead atoms. The molecule has 1 amide bonds. The number of benzene rings is 4. The standard InChI is InChI=1S/C31H23Cl2N5O2/c32-25-12-11-19(15-26(25)33)24(17-34)31(39)37-20-5-3-6-21(16-20)38(29-13-14-35-18-36-29)27-9-4-8-23-22-7-1-2-10-28(22)40-30(23)27/h1-16,18,24H,17,34H2,(H,37,39). The molecule has 40 heavy (non-hydrogen) atoms. The highest BCUT2D eigenvalue weighted by atomic mass is 35.5.